The summed E-state index contributed by atoms with van der Waals surface area (Å²) in [5.41, 5.74) is 0. The molecule has 1 saturated carbocycles. The number of halogens is 2. The molecule has 1 N–H and O–H groups in total. The predicted octanol–water partition coefficient (Wildman–Crippen LogP) is 2.34. The maximum Gasteiger partial charge on any atom is 0.248 e. The molecule has 138 valence electrons. The van der Waals surface area contributed by atoms with Crippen LogP contribution < -0.4 is 5.32 Å². The molecule has 0 aromatic rings. The highest BCUT2D eigenvalue weighted by molar-refractivity contribution is 5.80. The topological polar surface area (TPSA) is 58.6 Å². The van der Waals surface area contributed by atoms with Crippen LogP contribution in [0.4, 0.5) is 8.78 Å². The van der Waals surface area contributed by atoms with Gasteiger partial charge in [0, 0.05) is 45.9 Å². The van der Waals surface area contributed by atoms with Crippen molar-refractivity contribution in [2.75, 3.05) is 20.7 Å². The Morgan fingerprint density at radius 2 is 1.92 bits per heavy atom. The van der Waals surface area contributed by atoms with E-state index in [1.807, 2.05) is 0 Å². The van der Waals surface area contributed by atoms with Gasteiger partial charge in [0.15, 0.2) is 0 Å². The lowest BCUT2D eigenvalue weighted by Gasteiger charge is -2.43. The van der Waals surface area contributed by atoms with Crippen LogP contribution in [0.2, 0.25) is 0 Å². The number of piperidine rings is 1. The van der Waals surface area contributed by atoms with Crippen LogP contribution in [0, 0.1) is 5.92 Å². The zero-order valence-electron chi connectivity index (χ0n) is 14.5. The van der Waals surface area contributed by atoms with E-state index in [0.717, 1.165) is 12.8 Å². The van der Waals surface area contributed by atoms with Gasteiger partial charge in [-0.15, -0.1) is 0 Å². The van der Waals surface area contributed by atoms with Gasteiger partial charge < -0.3 is 15.0 Å². The van der Waals surface area contributed by atoms with Crippen LogP contribution >= 0.6 is 0 Å². The van der Waals surface area contributed by atoms with E-state index in [1.54, 1.807) is 19.1 Å². The summed E-state index contributed by atoms with van der Waals surface area (Å²) in [6.45, 7) is 0.615. The Bertz CT molecular complexity index is 449. The first-order chi connectivity index (χ1) is 11.4. The van der Waals surface area contributed by atoms with Crippen molar-refractivity contribution < 1.29 is 23.1 Å². The second kappa shape index (κ2) is 8.23. The molecule has 0 aromatic heterocycles. The largest absolute Gasteiger partial charge is 0.379 e. The molecular weight excluding hydrogens is 318 g/mol. The molecule has 0 bridgehead atoms. The van der Waals surface area contributed by atoms with Crippen LogP contribution in [0.3, 0.4) is 0 Å². The molecule has 2 atom stereocenters. The monoisotopic (exact) mass is 346 g/mol. The fourth-order valence-electron chi connectivity index (χ4n) is 3.84. The number of nitrogens with zero attached hydrogens (tertiary/aromatic N) is 1. The Balaban J connectivity index is 2.03. The molecule has 1 saturated heterocycles. The van der Waals surface area contributed by atoms with Gasteiger partial charge in [-0.3, -0.25) is 9.59 Å². The van der Waals surface area contributed by atoms with Gasteiger partial charge in [0.25, 0.3) is 0 Å². The summed E-state index contributed by atoms with van der Waals surface area (Å²) in [6, 6.07) is -0.156. The average molecular weight is 346 g/mol. The fraction of sp³-hybridized carbons (Fsp3) is 0.882. The molecule has 24 heavy (non-hydrogen) atoms. The van der Waals surface area contributed by atoms with Gasteiger partial charge in [-0.05, 0) is 32.1 Å². The normalized spacial score (nSPS) is 27.8. The maximum atomic E-state index is 13.3. The highest BCUT2D eigenvalue weighted by Gasteiger charge is 2.42. The maximum absolute atomic E-state index is 13.3. The smallest absolute Gasteiger partial charge is 0.248 e. The quantitative estimate of drug-likeness (QED) is 0.831. The van der Waals surface area contributed by atoms with E-state index < -0.39 is 5.92 Å². The Labute approximate surface area is 142 Å². The molecule has 5 nitrogen and oxygen atoms in total. The van der Waals surface area contributed by atoms with Crippen LogP contribution in [0.25, 0.3) is 0 Å². The Kier molecular flexibility index (Phi) is 6.54. The van der Waals surface area contributed by atoms with Crippen LogP contribution in [0.1, 0.15) is 51.4 Å². The molecule has 2 rings (SSSR count). The Morgan fingerprint density at radius 3 is 2.50 bits per heavy atom. The summed E-state index contributed by atoms with van der Waals surface area (Å²) in [6.07, 6.45) is 2.49. The first-order valence-corrected chi connectivity index (χ1v) is 8.79. The predicted molar refractivity (Wildman–Crippen MR) is 85.7 cm³/mol. The van der Waals surface area contributed by atoms with E-state index >= 15 is 0 Å². The third kappa shape index (κ3) is 4.65. The third-order valence-electron chi connectivity index (χ3n) is 5.32. The standard InChI is InChI=1S/C17H28F2N2O3/c1-20-15(22)6-5-13-14(24-2)4-3-11-21(13)16(23)12-7-9-17(18,19)10-8-12/h12-14H,3-11H2,1-2H3,(H,20,22)/t13-,14-/m0/s1. The molecule has 2 aliphatic rings. The molecule has 0 aromatic carbocycles. The second-order valence-corrected chi connectivity index (χ2v) is 6.86. The van der Waals surface area contributed by atoms with Gasteiger partial charge in [0.05, 0.1) is 12.1 Å². The van der Waals surface area contributed by atoms with Crippen LogP contribution in [-0.2, 0) is 14.3 Å². The number of likely N-dealkylation sites (tertiary alicyclic amines) is 1. The molecule has 0 radical (unpaired) electrons. The summed E-state index contributed by atoms with van der Waals surface area (Å²) in [4.78, 5) is 26.2. The number of amides is 2. The van der Waals surface area contributed by atoms with Crippen LogP contribution in [-0.4, -0.2) is 55.5 Å². The van der Waals surface area contributed by atoms with Crippen molar-refractivity contribution in [3.63, 3.8) is 0 Å². The van der Waals surface area contributed by atoms with Crippen molar-refractivity contribution in [1.29, 1.82) is 0 Å². The van der Waals surface area contributed by atoms with Crippen LogP contribution in [0.5, 0.6) is 0 Å². The number of methoxy groups -OCH3 is 1. The third-order valence-corrected chi connectivity index (χ3v) is 5.32. The minimum Gasteiger partial charge on any atom is -0.379 e. The summed E-state index contributed by atoms with van der Waals surface area (Å²) in [5.74, 6) is -3.08. The van der Waals surface area contributed by atoms with Crippen molar-refractivity contribution in [3.05, 3.63) is 0 Å². The average Bonchev–Trinajstić information content (AvgIpc) is 2.58. The molecule has 0 unspecified atom stereocenters. The van der Waals surface area contributed by atoms with E-state index in [9.17, 15) is 18.4 Å². The van der Waals surface area contributed by atoms with Crippen molar-refractivity contribution in [3.8, 4) is 0 Å². The number of ether oxygens (including phenoxy) is 1. The van der Waals surface area contributed by atoms with Crippen molar-refractivity contribution >= 4 is 11.8 Å². The van der Waals surface area contributed by atoms with Gasteiger partial charge in [-0.25, -0.2) is 8.78 Å². The van der Waals surface area contributed by atoms with Gasteiger partial charge in [-0.2, -0.15) is 0 Å². The van der Waals surface area contributed by atoms with Crippen LogP contribution in [0.15, 0.2) is 0 Å². The zero-order chi connectivity index (χ0) is 17.7. The molecule has 1 aliphatic heterocycles. The van der Waals surface area contributed by atoms with E-state index in [1.165, 1.54) is 0 Å². The zero-order valence-corrected chi connectivity index (χ0v) is 14.5. The van der Waals surface area contributed by atoms with E-state index in [0.29, 0.717) is 19.4 Å². The van der Waals surface area contributed by atoms with Crippen molar-refractivity contribution in [1.82, 2.24) is 10.2 Å². The molecule has 1 heterocycles. The SMILES string of the molecule is CNC(=O)CC[C@H]1[C@@H](OC)CCCN1C(=O)C1CCC(F)(F)CC1. The van der Waals surface area contributed by atoms with Gasteiger partial charge in [0.2, 0.25) is 17.7 Å². The Morgan fingerprint density at radius 1 is 1.25 bits per heavy atom. The number of nitrogens with one attached hydrogen (secondary N) is 1. The molecular formula is C17H28F2N2O3. The molecule has 2 amide bonds. The van der Waals surface area contributed by atoms with Gasteiger partial charge in [0.1, 0.15) is 0 Å². The fourth-order valence-corrected chi connectivity index (χ4v) is 3.84. The summed E-state index contributed by atoms with van der Waals surface area (Å²) < 4.78 is 32.2. The second-order valence-electron chi connectivity index (χ2n) is 6.86. The van der Waals surface area contributed by atoms with E-state index in [-0.39, 0.29) is 55.6 Å². The molecule has 2 fully saturated rings. The number of hydrogen-bond acceptors (Lipinski definition) is 3. The molecule has 7 heteroatoms. The Hall–Kier alpha value is -1.24. The van der Waals surface area contributed by atoms with Crippen molar-refractivity contribution in [2.45, 2.75) is 69.4 Å². The first kappa shape index (κ1) is 19.1. The number of hydrogen-bond donors (Lipinski definition) is 1. The first-order valence-electron chi connectivity index (χ1n) is 8.79. The lowest BCUT2D eigenvalue weighted by atomic mass is 9.84. The molecule has 0 spiro atoms. The van der Waals surface area contributed by atoms with Gasteiger partial charge in [-0.1, -0.05) is 0 Å². The minimum absolute atomic E-state index is 0.0471. The number of alkyl halides is 2. The summed E-state index contributed by atoms with van der Waals surface area (Å²) >= 11 is 0. The summed E-state index contributed by atoms with van der Waals surface area (Å²) in [5, 5.41) is 2.59. The number of carbonyl (C=O) groups excluding carboxylic acids is 2. The number of carbonyl (C=O) groups is 2. The minimum atomic E-state index is -2.63. The molecule has 1 aliphatic carbocycles. The van der Waals surface area contributed by atoms with E-state index in [2.05, 4.69) is 5.32 Å². The van der Waals surface area contributed by atoms with Crippen molar-refractivity contribution in [2.24, 2.45) is 5.92 Å². The highest BCUT2D eigenvalue weighted by atomic mass is 19.3. The van der Waals surface area contributed by atoms with Gasteiger partial charge >= 0.3 is 0 Å². The number of rotatable bonds is 5. The van der Waals surface area contributed by atoms with E-state index in [4.69, 9.17) is 4.74 Å². The lowest BCUT2D eigenvalue weighted by molar-refractivity contribution is -0.149. The highest BCUT2D eigenvalue weighted by Crippen LogP contribution is 2.38. The lowest BCUT2D eigenvalue weighted by Crippen LogP contribution is -2.54. The summed E-state index contributed by atoms with van der Waals surface area (Å²) in [7, 11) is 3.20.